The van der Waals surface area contributed by atoms with Gasteiger partial charge in [-0.1, -0.05) is 22.9 Å². The minimum absolute atomic E-state index is 0.0505. The van der Waals surface area contributed by atoms with E-state index >= 15 is 0 Å². The van der Waals surface area contributed by atoms with Gasteiger partial charge in [0, 0.05) is 10.5 Å². The van der Waals surface area contributed by atoms with Crippen LogP contribution in [-0.2, 0) is 5.75 Å². The maximum Gasteiger partial charge on any atom is 0.387 e. The number of ether oxygens (including phenoxy) is 2. The van der Waals surface area contributed by atoms with Crippen molar-refractivity contribution in [2.75, 3.05) is 7.11 Å². The van der Waals surface area contributed by atoms with Crippen molar-refractivity contribution in [3.8, 4) is 22.9 Å². The van der Waals surface area contributed by atoms with Gasteiger partial charge >= 0.3 is 6.61 Å². The Kier molecular flexibility index (Phi) is 5.95. The molecule has 0 aliphatic carbocycles. The Balaban J connectivity index is 1.74. The Morgan fingerprint density at radius 2 is 1.93 bits per heavy atom. The number of aryl methyl sites for hydroxylation is 2. The Labute approximate surface area is 159 Å². The minimum Gasteiger partial charge on any atom is -0.493 e. The lowest BCUT2D eigenvalue weighted by atomic mass is 10.2. The summed E-state index contributed by atoms with van der Waals surface area (Å²) >= 11 is 1.62. The summed E-state index contributed by atoms with van der Waals surface area (Å²) in [6.07, 6.45) is 0. The van der Waals surface area contributed by atoms with Crippen molar-refractivity contribution in [2.45, 2.75) is 31.1 Å². The van der Waals surface area contributed by atoms with Gasteiger partial charge in [-0.3, -0.25) is 0 Å². The molecule has 0 fully saturated rings. The molecule has 1 aromatic heterocycles. The molecule has 0 bridgehead atoms. The van der Waals surface area contributed by atoms with Gasteiger partial charge in [-0.25, -0.2) is 0 Å². The van der Waals surface area contributed by atoms with Crippen LogP contribution in [0.5, 0.6) is 11.5 Å². The molecule has 0 radical (unpaired) electrons. The van der Waals surface area contributed by atoms with Gasteiger partial charge in [-0.15, -0.1) is 11.8 Å². The molecule has 0 unspecified atom stereocenters. The van der Waals surface area contributed by atoms with Gasteiger partial charge in [-0.05, 0) is 43.7 Å². The number of nitrogens with zero attached hydrogens (tertiary/aromatic N) is 2. The molecular formula is C19H18F2N2O3S. The quantitative estimate of drug-likeness (QED) is 0.512. The maximum atomic E-state index is 12.4. The van der Waals surface area contributed by atoms with E-state index in [-0.39, 0.29) is 11.5 Å². The van der Waals surface area contributed by atoms with Gasteiger partial charge in [0.1, 0.15) is 0 Å². The van der Waals surface area contributed by atoms with Gasteiger partial charge in [0.2, 0.25) is 11.7 Å². The summed E-state index contributed by atoms with van der Waals surface area (Å²) in [4.78, 5) is 5.53. The lowest BCUT2D eigenvalue weighted by molar-refractivity contribution is -0.0512. The average Bonchev–Trinajstić information content (AvgIpc) is 3.11. The van der Waals surface area contributed by atoms with E-state index in [9.17, 15) is 8.78 Å². The van der Waals surface area contributed by atoms with Crippen LogP contribution in [0.25, 0.3) is 11.4 Å². The maximum absolute atomic E-state index is 12.4. The van der Waals surface area contributed by atoms with Gasteiger partial charge in [0.25, 0.3) is 0 Å². The highest BCUT2D eigenvalue weighted by Gasteiger charge is 2.15. The number of methoxy groups -OCH3 is 1. The topological polar surface area (TPSA) is 57.4 Å². The molecule has 8 heteroatoms. The SMILES string of the molecule is COc1cc(-c2noc(CSc3cc(C)ccc3C)n2)ccc1OC(F)F. The number of hydrogen-bond donors (Lipinski definition) is 0. The molecule has 0 amide bonds. The van der Waals surface area contributed by atoms with Crippen molar-refractivity contribution in [3.63, 3.8) is 0 Å². The molecule has 0 aliphatic heterocycles. The second-order valence-electron chi connectivity index (χ2n) is 5.81. The number of halogens is 2. The van der Waals surface area contributed by atoms with E-state index in [1.165, 1.54) is 30.4 Å². The van der Waals surface area contributed by atoms with Crippen molar-refractivity contribution in [3.05, 3.63) is 53.4 Å². The highest BCUT2D eigenvalue weighted by molar-refractivity contribution is 7.98. The fourth-order valence-electron chi connectivity index (χ4n) is 2.43. The number of aromatic nitrogens is 2. The number of benzene rings is 2. The fraction of sp³-hybridized carbons (Fsp3) is 0.263. The van der Waals surface area contributed by atoms with Gasteiger partial charge < -0.3 is 14.0 Å². The number of thioether (sulfide) groups is 1. The molecule has 0 N–H and O–H groups in total. The molecule has 2 aromatic carbocycles. The third-order valence-corrected chi connectivity index (χ3v) is 4.94. The summed E-state index contributed by atoms with van der Waals surface area (Å²) in [6.45, 7) is 1.17. The van der Waals surface area contributed by atoms with E-state index in [0.717, 1.165) is 4.90 Å². The molecular weight excluding hydrogens is 374 g/mol. The molecule has 0 aliphatic rings. The van der Waals surface area contributed by atoms with Crippen molar-refractivity contribution in [1.29, 1.82) is 0 Å². The molecule has 142 valence electrons. The van der Waals surface area contributed by atoms with Crippen LogP contribution >= 0.6 is 11.8 Å². The van der Waals surface area contributed by atoms with E-state index in [2.05, 4.69) is 40.0 Å². The lowest BCUT2D eigenvalue weighted by Gasteiger charge is -2.10. The third-order valence-electron chi connectivity index (χ3n) is 3.80. The Morgan fingerprint density at radius 1 is 1.11 bits per heavy atom. The van der Waals surface area contributed by atoms with E-state index < -0.39 is 6.61 Å². The Hall–Kier alpha value is -2.61. The van der Waals surface area contributed by atoms with Crippen molar-refractivity contribution in [1.82, 2.24) is 10.1 Å². The lowest BCUT2D eigenvalue weighted by Crippen LogP contribution is -2.03. The predicted molar refractivity (Wildman–Crippen MR) is 98.4 cm³/mol. The van der Waals surface area contributed by atoms with Crippen LogP contribution in [0, 0.1) is 13.8 Å². The molecule has 0 atom stereocenters. The summed E-state index contributed by atoms with van der Waals surface area (Å²) in [5.74, 6) is 1.48. The van der Waals surface area contributed by atoms with E-state index in [1.807, 2.05) is 6.92 Å². The molecule has 0 spiro atoms. The van der Waals surface area contributed by atoms with Crippen LogP contribution in [0.4, 0.5) is 8.78 Å². The monoisotopic (exact) mass is 392 g/mol. The van der Waals surface area contributed by atoms with Crippen molar-refractivity contribution < 1.29 is 22.8 Å². The van der Waals surface area contributed by atoms with Crippen LogP contribution in [-0.4, -0.2) is 23.9 Å². The van der Waals surface area contributed by atoms with E-state index in [0.29, 0.717) is 23.0 Å². The van der Waals surface area contributed by atoms with Gasteiger partial charge in [0.15, 0.2) is 11.5 Å². The molecule has 3 rings (SSSR count). The molecule has 0 saturated carbocycles. The minimum atomic E-state index is -2.93. The summed E-state index contributed by atoms with van der Waals surface area (Å²) in [5, 5.41) is 3.96. The standard InChI is InChI=1S/C19H18F2N2O3S/c1-11-4-5-12(2)16(8-11)27-10-17-22-18(23-26-17)13-6-7-14(25-19(20)21)15(9-13)24-3/h4-9,19H,10H2,1-3H3. The average molecular weight is 392 g/mol. The first kappa shape index (κ1) is 19.2. The van der Waals surface area contributed by atoms with E-state index in [1.54, 1.807) is 17.8 Å². The Bertz CT molecular complexity index is 931. The van der Waals surface area contributed by atoms with Crippen LogP contribution < -0.4 is 9.47 Å². The first-order valence-electron chi connectivity index (χ1n) is 8.12. The number of hydrogen-bond acceptors (Lipinski definition) is 6. The van der Waals surface area contributed by atoms with Crippen LogP contribution in [0.2, 0.25) is 0 Å². The zero-order valence-electron chi connectivity index (χ0n) is 15.0. The van der Waals surface area contributed by atoms with Crippen LogP contribution in [0.3, 0.4) is 0 Å². The molecule has 27 heavy (non-hydrogen) atoms. The third kappa shape index (κ3) is 4.77. The second-order valence-corrected chi connectivity index (χ2v) is 6.83. The van der Waals surface area contributed by atoms with Crippen LogP contribution in [0.1, 0.15) is 17.0 Å². The normalized spacial score (nSPS) is 11.0. The number of alkyl halides is 2. The highest BCUT2D eigenvalue weighted by atomic mass is 32.2. The first-order chi connectivity index (χ1) is 13.0. The smallest absolute Gasteiger partial charge is 0.387 e. The summed E-state index contributed by atoms with van der Waals surface area (Å²) < 4.78 is 39.7. The highest BCUT2D eigenvalue weighted by Crippen LogP contribution is 2.33. The zero-order chi connectivity index (χ0) is 19.4. The summed E-state index contributed by atoms with van der Waals surface area (Å²) in [7, 11) is 1.37. The van der Waals surface area contributed by atoms with Gasteiger partial charge in [-0.2, -0.15) is 13.8 Å². The largest absolute Gasteiger partial charge is 0.493 e. The fourth-order valence-corrected chi connectivity index (χ4v) is 3.39. The predicted octanol–water partition coefficient (Wildman–Crippen LogP) is 5.26. The number of rotatable bonds is 7. The zero-order valence-corrected chi connectivity index (χ0v) is 15.8. The first-order valence-corrected chi connectivity index (χ1v) is 9.10. The molecule has 1 heterocycles. The van der Waals surface area contributed by atoms with Crippen molar-refractivity contribution in [2.24, 2.45) is 0 Å². The van der Waals surface area contributed by atoms with Gasteiger partial charge in [0.05, 0.1) is 12.9 Å². The summed E-state index contributed by atoms with van der Waals surface area (Å²) in [5.41, 5.74) is 2.96. The van der Waals surface area contributed by atoms with Crippen LogP contribution in [0.15, 0.2) is 45.8 Å². The van der Waals surface area contributed by atoms with E-state index in [4.69, 9.17) is 9.26 Å². The molecule has 5 nitrogen and oxygen atoms in total. The van der Waals surface area contributed by atoms with Crippen molar-refractivity contribution >= 4 is 11.8 Å². The molecule has 3 aromatic rings. The Morgan fingerprint density at radius 3 is 2.67 bits per heavy atom. The second kappa shape index (κ2) is 8.39. The summed E-state index contributed by atoms with van der Waals surface area (Å²) in [6, 6.07) is 10.8. The molecule has 0 saturated heterocycles.